The van der Waals surface area contributed by atoms with E-state index in [4.69, 9.17) is 9.47 Å². The molecular formula is C23H20BrNO4. The van der Waals surface area contributed by atoms with E-state index in [0.717, 1.165) is 15.6 Å². The standard InChI is InChI=1S/C23H20BrNO4/c1-28-20-12-11-17-21(25-20)29-23(15-7-9-16(24)10-8-15)18(13-19(26)22(17,23)27)14-5-3-2-4-6-14/h2-12,18-19,26-27H,13H2,1H3/t18-,19+,22-,23-/m0/s1. The Balaban J connectivity index is 1.79. The van der Waals surface area contributed by atoms with E-state index in [1.165, 1.54) is 7.11 Å². The fraction of sp³-hybridized carbons (Fsp3) is 0.261. The molecule has 0 bridgehead atoms. The molecule has 0 spiro atoms. The first kappa shape index (κ1) is 18.6. The van der Waals surface area contributed by atoms with E-state index < -0.39 is 17.3 Å². The van der Waals surface area contributed by atoms with Crippen molar-refractivity contribution < 1.29 is 19.7 Å². The second kappa shape index (κ2) is 6.55. The predicted molar refractivity (Wildman–Crippen MR) is 111 cm³/mol. The van der Waals surface area contributed by atoms with Gasteiger partial charge in [0.2, 0.25) is 11.8 Å². The monoisotopic (exact) mass is 453 g/mol. The van der Waals surface area contributed by atoms with E-state index in [-0.39, 0.29) is 11.8 Å². The maximum Gasteiger partial charge on any atom is 0.224 e. The zero-order chi connectivity index (χ0) is 20.2. The first-order valence-electron chi connectivity index (χ1n) is 9.46. The Morgan fingerprint density at radius 1 is 1.07 bits per heavy atom. The van der Waals surface area contributed by atoms with Crippen LogP contribution in [-0.4, -0.2) is 28.4 Å². The fourth-order valence-electron chi connectivity index (χ4n) is 4.89. The predicted octanol–water partition coefficient (Wildman–Crippen LogP) is 3.88. The summed E-state index contributed by atoms with van der Waals surface area (Å²) in [6.45, 7) is 0. The summed E-state index contributed by atoms with van der Waals surface area (Å²) in [5.41, 5.74) is -0.602. The number of benzene rings is 2. The van der Waals surface area contributed by atoms with Crippen molar-refractivity contribution in [2.45, 2.75) is 29.6 Å². The van der Waals surface area contributed by atoms with E-state index in [1.54, 1.807) is 12.1 Å². The lowest BCUT2D eigenvalue weighted by molar-refractivity contribution is -0.149. The molecule has 1 saturated carbocycles. The van der Waals surface area contributed by atoms with Gasteiger partial charge < -0.3 is 19.7 Å². The minimum atomic E-state index is -1.64. The molecular weight excluding hydrogens is 434 g/mol. The first-order chi connectivity index (χ1) is 14.0. The highest BCUT2D eigenvalue weighted by Crippen LogP contribution is 2.66. The Kier molecular flexibility index (Phi) is 4.21. The molecule has 1 aromatic heterocycles. The number of nitrogens with zero attached hydrogens (tertiary/aromatic N) is 1. The average Bonchev–Trinajstić information content (AvgIpc) is 3.14. The van der Waals surface area contributed by atoms with Crippen molar-refractivity contribution in [2.75, 3.05) is 7.11 Å². The molecule has 6 heteroatoms. The van der Waals surface area contributed by atoms with Gasteiger partial charge >= 0.3 is 0 Å². The number of rotatable bonds is 3. The highest BCUT2D eigenvalue weighted by atomic mass is 79.9. The van der Waals surface area contributed by atoms with Gasteiger partial charge in [-0.05, 0) is 35.7 Å². The molecule has 1 aliphatic heterocycles. The molecule has 0 unspecified atom stereocenters. The molecule has 2 heterocycles. The number of halogens is 1. The summed E-state index contributed by atoms with van der Waals surface area (Å²) in [6, 6.07) is 21.0. The quantitative estimate of drug-likeness (QED) is 0.629. The van der Waals surface area contributed by atoms with Crippen LogP contribution in [0.5, 0.6) is 11.8 Å². The molecule has 0 radical (unpaired) electrons. The van der Waals surface area contributed by atoms with Gasteiger partial charge in [0.25, 0.3) is 0 Å². The lowest BCUT2D eigenvalue weighted by atomic mass is 9.71. The van der Waals surface area contributed by atoms with Crippen molar-refractivity contribution >= 4 is 15.9 Å². The zero-order valence-corrected chi connectivity index (χ0v) is 17.3. The molecule has 5 rings (SSSR count). The van der Waals surface area contributed by atoms with Crippen LogP contribution in [0.4, 0.5) is 0 Å². The summed E-state index contributed by atoms with van der Waals surface area (Å²) in [5, 5.41) is 23.2. The third kappa shape index (κ3) is 2.43. The van der Waals surface area contributed by atoms with Gasteiger partial charge in [-0.15, -0.1) is 0 Å². The van der Waals surface area contributed by atoms with Crippen LogP contribution >= 0.6 is 15.9 Å². The van der Waals surface area contributed by atoms with Crippen molar-refractivity contribution in [1.29, 1.82) is 0 Å². The molecule has 4 atom stereocenters. The molecule has 1 aliphatic carbocycles. The molecule has 0 saturated heterocycles. The summed E-state index contributed by atoms with van der Waals surface area (Å²) in [7, 11) is 1.53. The summed E-state index contributed by atoms with van der Waals surface area (Å²) >= 11 is 3.48. The van der Waals surface area contributed by atoms with Gasteiger partial charge in [-0.1, -0.05) is 58.4 Å². The Morgan fingerprint density at radius 3 is 2.48 bits per heavy atom. The van der Waals surface area contributed by atoms with Crippen molar-refractivity contribution in [3.63, 3.8) is 0 Å². The van der Waals surface area contributed by atoms with Gasteiger partial charge in [-0.25, -0.2) is 0 Å². The fourth-order valence-corrected chi connectivity index (χ4v) is 5.16. The normalized spacial score (nSPS) is 29.8. The van der Waals surface area contributed by atoms with Crippen LogP contribution in [0, 0.1) is 0 Å². The third-order valence-corrected chi connectivity index (χ3v) is 6.71. The van der Waals surface area contributed by atoms with Crippen LogP contribution in [0.2, 0.25) is 0 Å². The molecule has 2 aliphatic rings. The van der Waals surface area contributed by atoms with Gasteiger partial charge in [0.15, 0.2) is 11.2 Å². The molecule has 5 nitrogen and oxygen atoms in total. The molecule has 29 heavy (non-hydrogen) atoms. The molecule has 2 N–H and O–H groups in total. The smallest absolute Gasteiger partial charge is 0.224 e. The lowest BCUT2D eigenvalue weighted by Crippen LogP contribution is -2.51. The minimum absolute atomic E-state index is 0.273. The second-order valence-corrected chi connectivity index (χ2v) is 8.45. The number of aliphatic hydroxyl groups is 2. The topological polar surface area (TPSA) is 71.8 Å². The van der Waals surface area contributed by atoms with Gasteiger partial charge in [0.1, 0.15) is 0 Å². The molecule has 0 amide bonds. The Bertz CT molecular complexity index is 1060. The minimum Gasteiger partial charge on any atom is -0.481 e. The van der Waals surface area contributed by atoms with Crippen LogP contribution in [-0.2, 0) is 11.2 Å². The summed E-state index contributed by atoms with van der Waals surface area (Å²) in [4.78, 5) is 4.43. The van der Waals surface area contributed by atoms with E-state index in [1.807, 2.05) is 54.6 Å². The van der Waals surface area contributed by atoms with Gasteiger partial charge in [-0.2, -0.15) is 4.98 Å². The summed E-state index contributed by atoms with van der Waals surface area (Å²) in [5.74, 6) is 0.406. The largest absolute Gasteiger partial charge is 0.481 e. The number of aliphatic hydroxyl groups excluding tert-OH is 1. The molecule has 148 valence electrons. The van der Waals surface area contributed by atoms with Gasteiger partial charge in [-0.3, -0.25) is 0 Å². The Morgan fingerprint density at radius 2 is 1.79 bits per heavy atom. The molecule has 2 aromatic carbocycles. The highest BCUT2D eigenvalue weighted by molar-refractivity contribution is 9.10. The van der Waals surface area contributed by atoms with Crippen LogP contribution in [0.1, 0.15) is 29.0 Å². The number of methoxy groups -OCH3 is 1. The number of hydrogen-bond acceptors (Lipinski definition) is 5. The van der Waals surface area contributed by atoms with Crippen LogP contribution in [0.3, 0.4) is 0 Å². The number of aromatic nitrogens is 1. The van der Waals surface area contributed by atoms with Crippen molar-refractivity contribution in [1.82, 2.24) is 4.98 Å². The third-order valence-electron chi connectivity index (χ3n) is 6.19. The van der Waals surface area contributed by atoms with Gasteiger partial charge in [0.05, 0.1) is 18.8 Å². The van der Waals surface area contributed by atoms with E-state index in [0.29, 0.717) is 17.9 Å². The second-order valence-electron chi connectivity index (χ2n) is 7.53. The molecule has 1 fully saturated rings. The maximum atomic E-state index is 12.1. The lowest BCUT2D eigenvalue weighted by Gasteiger charge is -2.40. The van der Waals surface area contributed by atoms with Crippen LogP contribution in [0.15, 0.2) is 71.2 Å². The Hall–Kier alpha value is -2.41. The number of ether oxygens (including phenoxy) is 2. The van der Waals surface area contributed by atoms with Crippen molar-refractivity contribution in [2.24, 2.45) is 0 Å². The highest BCUT2D eigenvalue weighted by Gasteiger charge is 2.73. The van der Waals surface area contributed by atoms with Crippen LogP contribution < -0.4 is 9.47 Å². The number of fused-ring (bicyclic) bond motifs is 3. The first-order valence-corrected chi connectivity index (χ1v) is 10.3. The maximum absolute atomic E-state index is 12.1. The van der Waals surface area contributed by atoms with E-state index in [9.17, 15) is 10.2 Å². The summed E-state index contributed by atoms with van der Waals surface area (Å²) in [6.07, 6.45) is -0.657. The molecule has 3 aromatic rings. The van der Waals surface area contributed by atoms with E-state index >= 15 is 0 Å². The summed E-state index contributed by atoms with van der Waals surface area (Å²) < 4.78 is 12.7. The SMILES string of the molecule is COc1ccc2c(n1)O[C@@]1(c3ccc(Br)cc3)[C@H](c3ccccc3)C[C@@H](O)[C@@]21O. The number of pyridine rings is 1. The van der Waals surface area contributed by atoms with E-state index in [2.05, 4.69) is 20.9 Å². The van der Waals surface area contributed by atoms with Gasteiger partial charge in [0, 0.05) is 16.5 Å². The Labute approximate surface area is 177 Å². The van der Waals surface area contributed by atoms with Crippen molar-refractivity contribution in [3.8, 4) is 11.8 Å². The average molecular weight is 454 g/mol. The van der Waals surface area contributed by atoms with Crippen LogP contribution in [0.25, 0.3) is 0 Å². The zero-order valence-electron chi connectivity index (χ0n) is 15.7. The number of hydrogen-bond donors (Lipinski definition) is 2. The van der Waals surface area contributed by atoms with Crippen molar-refractivity contribution in [3.05, 3.63) is 87.9 Å².